The number of hydrogen-bond donors (Lipinski definition) is 1. The standard InChI is InChI=1S/C9H10N4/c1-6-11-5-9-8(13-6)3-7(10-2)4-12-9/h3-5,10H,1-2H3. The van der Waals surface area contributed by atoms with E-state index in [-0.39, 0.29) is 0 Å². The van der Waals surface area contributed by atoms with E-state index in [1.165, 1.54) is 0 Å². The molecular weight excluding hydrogens is 164 g/mol. The molecule has 2 aromatic heterocycles. The minimum Gasteiger partial charge on any atom is -0.387 e. The van der Waals surface area contributed by atoms with Gasteiger partial charge in [-0.3, -0.25) is 4.98 Å². The van der Waals surface area contributed by atoms with Gasteiger partial charge in [0, 0.05) is 7.05 Å². The molecule has 66 valence electrons. The van der Waals surface area contributed by atoms with Gasteiger partial charge in [0.1, 0.15) is 11.3 Å². The predicted octanol–water partition coefficient (Wildman–Crippen LogP) is 1.37. The van der Waals surface area contributed by atoms with Crippen LogP contribution in [0.3, 0.4) is 0 Å². The topological polar surface area (TPSA) is 50.7 Å². The molecule has 0 bridgehead atoms. The smallest absolute Gasteiger partial charge is 0.126 e. The maximum Gasteiger partial charge on any atom is 0.126 e. The van der Waals surface area contributed by atoms with Crippen molar-refractivity contribution in [2.24, 2.45) is 0 Å². The maximum absolute atomic E-state index is 4.27. The highest BCUT2D eigenvalue weighted by atomic mass is 14.9. The largest absolute Gasteiger partial charge is 0.387 e. The summed E-state index contributed by atoms with van der Waals surface area (Å²) in [6, 6.07) is 1.96. The molecule has 2 rings (SSSR count). The first-order valence-corrected chi connectivity index (χ1v) is 4.07. The molecule has 0 aliphatic heterocycles. The van der Waals surface area contributed by atoms with Crippen molar-refractivity contribution in [3.63, 3.8) is 0 Å². The highest BCUT2D eigenvalue weighted by molar-refractivity contribution is 5.76. The van der Waals surface area contributed by atoms with Crippen LogP contribution in [-0.2, 0) is 0 Å². The zero-order valence-corrected chi connectivity index (χ0v) is 7.57. The molecule has 2 heterocycles. The molecule has 4 nitrogen and oxygen atoms in total. The number of aryl methyl sites for hydroxylation is 1. The normalized spacial score (nSPS) is 10.3. The molecule has 0 fully saturated rings. The van der Waals surface area contributed by atoms with Crippen LogP contribution >= 0.6 is 0 Å². The fourth-order valence-electron chi connectivity index (χ4n) is 1.15. The molecule has 0 unspecified atom stereocenters. The van der Waals surface area contributed by atoms with Crippen LogP contribution in [-0.4, -0.2) is 22.0 Å². The summed E-state index contributed by atoms with van der Waals surface area (Å²) < 4.78 is 0. The summed E-state index contributed by atoms with van der Waals surface area (Å²) in [5.41, 5.74) is 2.66. The lowest BCUT2D eigenvalue weighted by molar-refractivity contribution is 1.08. The van der Waals surface area contributed by atoms with Crippen molar-refractivity contribution in [1.29, 1.82) is 0 Å². The van der Waals surface area contributed by atoms with Gasteiger partial charge in [-0.25, -0.2) is 9.97 Å². The Morgan fingerprint density at radius 3 is 2.77 bits per heavy atom. The summed E-state index contributed by atoms with van der Waals surface area (Å²) in [5, 5.41) is 3.02. The second kappa shape index (κ2) is 2.97. The summed E-state index contributed by atoms with van der Waals surface area (Å²) in [5.74, 6) is 0.766. The minimum absolute atomic E-state index is 0.766. The van der Waals surface area contributed by atoms with Crippen LogP contribution in [0.4, 0.5) is 5.69 Å². The zero-order valence-electron chi connectivity index (χ0n) is 7.57. The van der Waals surface area contributed by atoms with Crippen molar-refractivity contribution < 1.29 is 0 Å². The summed E-state index contributed by atoms with van der Waals surface area (Å²) in [4.78, 5) is 12.5. The van der Waals surface area contributed by atoms with Crippen LogP contribution in [0.15, 0.2) is 18.5 Å². The Morgan fingerprint density at radius 1 is 1.15 bits per heavy atom. The monoisotopic (exact) mass is 174 g/mol. The number of pyridine rings is 1. The van der Waals surface area contributed by atoms with E-state index >= 15 is 0 Å². The third kappa shape index (κ3) is 1.42. The molecule has 4 heteroatoms. The van der Waals surface area contributed by atoms with E-state index in [4.69, 9.17) is 0 Å². The molecule has 2 aromatic rings. The van der Waals surface area contributed by atoms with Crippen molar-refractivity contribution >= 4 is 16.7 Å². The SMILES string of the molecule is CNc1cnc2cnc(C)nc2c1. The van der Waals surface area contributed by atoms with Crippen LogP contribution in [0, 0.1) is 6.92 Å². The van der Waals surface area contributed by atoms with E-state index in [1.54, 1.807) is 12.4 Å². The van der Waals surface area contributed by atoms with E-state index in [9.17, 15) is 0 Å². The molecule has 0 saturated heterocycles. The van der Waals surface area contributed by atoms with Gasteiger partial charge in [0.15, 0.2) is 0 Å². The number of rotatable bonds is 1. The average Bonchev–Trinajstić information content (AvgIpc) is 2.16. The molecule has 0 spiro atoms. The molecule has 13 heavy (non-hydrogen) atoms. The fourth-order valence-corrected chi connectivity index (χ4v) is 1.15. The number of aromatic nitrogens is 3. The maximum atomic E-state index is 4.27. The predicted molar refractivity (Wildman–Crippen MR) is 51.6 cm³/mol. The first-order chi connectivity index (χ1) is 6.29. The van der Waals surface area contributed by atoms with Crippen LogP contribution in [0.25, 0.3) is 11.0 Å². The van der Waals surface area contributed by atoms with Crippen molar-refractivity contribution in [3.8, 4) is 0 Å². The highest BCUT2D eigenvalue weighted by Gasteiger charge is 1.98. The Morgan fingerprint density at radius 2 is 2.00 bits per heavy atom. The van der Waals surface area contributed by atoms with Crippen molar-refractivity contribution in [3.05, 3.63) is 24.3 Å². The molecule has 0 atom stereocenters. The number of hydrogen-bond acceptors (Lipinski definition) is 4. The first-order valence-electron chi connectivity index (χ1n) is 4.07. The van der Waals surface area contributed by atoms with Gasteiger partial charge in [-0.05, 0) is 13.0 Å². The van der Waals surface area contributed by atoms with Crippen molar-refractivity contribution in [1.82, 2.24) is 15.0 Å². The fraction of sp³-hybridized carbons (Fsp3) is 0.222. The molecule has 0 saturated carbocycles. The van der Waals surface area contributed by atoms with Crippen LogP contribution in [0.2, 0.25) is 0 Å². The number of nitrogens with one attached hydrogen (secondary N) is 1. The van der Waals surface area contributed by atoms with Gasteiger partial charge < -0.3 is 5.32 Å². The molecule has 0 aliphatic carbocycles. The van der Waals surface area contributed by atoms with Gasteiger partial charge in [0.2, 0.25) is 0 Å². The lowest BCUT2D eigenvalue weighted by Crippen LogP contribution is -1.93. The summed E-state index contributed by atoms with van der Waals surface area (Å²) >= 11 is 0. The highest BCUT2D eigenvalue weighted by Crippen LogP contribution is 2.12. The van der Waals surface area contributed by atoms with Gasteiger partial charge in [-0.15, -0.1) is 0 Å². The minimum atomic E-state index is 0.766. The van der Waals surface area contributed by atoms with Gasteiger partial charge in [-0.1, -0.05) is 0 Å². The summed E-state index contributed by atoms with van der Waals surface area (Å²) in [6.45, 7) is 1.87. The zero-order chi connectivity index (χ0) is 9.26. The number of anilines is 1. The van der Waals surface area contributed by atoms with E-state index in [0.29, 0.717) is 0 Å². The second-order valence-corrected chi connectivity index (χ2v) is 2.80. The second-order valence-electron chi connectivity index (χ2n) is 2.80. The van der Waals surface area contributed by atoms with Crippen molar-refractivity contribution in [2.75, 3.05) is 12.4 Å². The van der Waals surface area contributed by atoms with Gasteiger partial charge in [0.05, 0.1) is 23.6 Å². The Hall–Kier alpha value is -1.71. The summed E-state index contributed by atoms with van der Waals surface area (Å²) in [7, 11) is 1.86. The summed E-state index contributed by atoms with van der Waals surface area (Å²) in [6.07, 6.45) is 3.50. The lowest BCUT2D eigenvalue weighted by atomic mass is 10.3. The molecule has 0 radical (unpaired) electrons. The number of nitrogens with zero attached hydrogens (tertiary/aromatic N) is 3. The van der Waals surface area contributed by atoms with Crippen LogP contribution < -0.4 is 5.32 Å². The van der Waals surface area contributed by atoms with Crippen LogP contribution in [0.5, 0.6) is 0 Å². The van der Waals surface area contributed by atoms with E-state index < -0.39 is 0 Å². The Labute approximate surface area is 76.1 Å². The molecule has 0 aromatic carbocycles. The van der Waals surface area contributed by atoms with Gasteiger partial charge in [0.25, 0.3) is 0 Å². The molecule has 0 aliphatic rings. The Kier molecular flexibility index (Phi) is 1.81. The van der Waals surface area contributed by atoms with Gasteiger partial charge >= 0.3 is 0 Å². The molecular formula is C9H10N4. The average molecular weight is 174 g/mol. The third-order valence-corrected chi connectivity index (χ3v) is 1.84. The van der Waals surface area contributed by atoms with Crippen LogP contribution in [0.1, 0.15) is 5.82 Å². The van der Waals surface area contributed by atoms with E-state index in [0.717, 1.165) is 22.5 Å². The van der Waals surface area contributed by atoms with E-state index in [2.05, 4.69) is 20.3 Å². The molecule has 0 amide bonds. The van der Waals surface area contributed by atoms with Crippen molar-refractivity contribution in [2.45, 2.75) is 6.92 Å². The quantitative estimate of drug-likeness (QED) is 0.709. The van der Waals surface area contributed by atoms with Gasteiger partial charge in [-0.2, -0.15) is 0 Å². The lowest BCUT2D eigenvalue weighted by Gasteiger charge is -2.01. The first kappa shape index (κ1) is 7.91. The Balaban J connectivity index is 2.68. The Bertz CT molecular complexity index is 439. The number of fused-ring (bicyclic) bond motifs is 1. The molecule has 1 N–H and O–H groups in total. The third-order valence-electron chi connectivity index (χ3n) is 1.84. The van der Waals surface area contributed by atoms with E-state index in [1.807, 2.05) is 20.0 Å².